The zero-order valence-corrected chi connectivity index (χ0v) is 9.29. The first-order chi connectivity index (χ1) is 7.59. The number of hydrogen-bond acceptors (Lipinski definition) is 2. The summed E-state index contributed by atoms with van der Waals surface area (Å²) in [7, 11) is 0. The summed E-state index contributed by atoms with van der Waals surface area (Å²) >= 11 is 0. The van der Waals surface area contributed by atoms with Crippen LogP contribution in [-0.2, 0) is 0 Å². The zero-order chi connectivity index (χ0) is 11.7. The number of anilines is 1. The highest BCUT2D eigenvalue weighted by Gasteiger charge is 2.08. The normalized spacial score (nSPS) is 10.4. The second-order valence-corrected chi connectivity index (χ2v) is 3.86. The van der Waals surface area contributed by atoms with Crippen molar-refractivity contribution in [2.45, 2.75) is 13.8 Å². The van der Waals surface area contributed by atoms with Crippen molar-refractivity contribution >= 4 is 5.82 Å². The smallest absolute Gasteiger partial charge is 0.131 e. The maximum atomic E-state index is 13.5. The lowest BCUT2D eigenvalue weighted by atomic mass is 10.0. The summed E-state index contributed by atoms with van der Waals surface area (Å²) < 4.78 is 13.5. The molecule has 1 aromatic carbocycles. The number of aryl methyl sites for hydroxylation is 2. The Hall–Kier alpha value is -1.90. The van der Waals surface area contributed by atoms with E-state index in [2.05, 4.69) is 4.98 Å². The number of pyridine rings is 1. The minimum Gasteiger partial charge on any atom is -0.383 e. The molecule has 2 rings (SSSR count). The fraction of sp³-hybridized carbons (Fsp3) is 0.154. The predicted octanol–water partition coefficient (Wildman–Crippen LogP) is 3.09. The molecule has 0 aliphatic carbocycles. The van der Waals surface area contributed by atoms with Crippen LogP contribution in [0.4, 0.5) is 10.2 Å². The van der Waals surface area contributed by atoms with Crippen LogP contribution in [0.2, 0.25) is 0 Å². The van der Waals surface area contributed by atoms with Crippen LogP contribution in [0.1, 0.15) is 11.1 Å². The summed E-state index contributed by atoms with van der Waals surface area (Å²) in [5, 5.41) is 0. The van der Waals surface area contributed by atoms with Crippen LogP contribution in [0, 0.1) is 19.7 Å². The summed E-state index contributed by atoms with van der Waals surface area (Å²) in [5.41, 5.74) is 8.78. The Bertz CT molecular complexity index is 512. The molecule has 2 aromatic rings. The van der Waals surface area contributed by atoms with E-state index in [1.165, 1.54) is 0 Å². The van der Waals surface area contributed by atoms with Gasteiger partial charge in [-0.05, 0) is 54.8 Å². The molecule has 0 aliphatic heterocycles. The molecule has 0 bridgehead atoms. The molecule has 82 valence electrons. The third kappa shape index (κ3) is 1.76. The number of rotatable bonds is 1. The number of nitrogens with zero attached hydrogens (tertiary/aromatic N) is 1. The van der Waals surface area contributed by atoms with Gasteiger partial charge in [0, 0.05) is 11.8 Å². The van der Waals surface area contributed by atoms with Crippen molar-refractivity contribution in [1.29, 1.82) is 0 Å². The van der Waals surface area contributed by atoms with E-state index in [1.807, 2.05) is 12.1 Å². The van der Waals surface area contributed by atoms with E-state index in [9.17, 15) is 4.39 Å². The monoisotopic (exact) mass is 216 g/mol. The van der Waals surface area contributed by atoms with Gasteiger partial charge in [0.2, 0.25) is 0 Å². The predicted molar refractivity (Wildman–Crippen MR) is 63.5 cm³/mol. The Morgan fingerprint density at radius 3 is 2.38 bits per heavy atom. The Kier molecular flexibility index (Phi) is 2.60. The SMILES string of the molecule is Cc1cc(-c2cccnc2N)cc(C)c1F. The molecule has 0 saturated carbocycles. The summed E-state index contributed by atoms with van der Waals surface area (Å²) in [6.45, 7) is 3.50. The maximum Gasteiger partial charge on any atom is 0.131 e. The van der Waals surface area contributed by atoms with E-state index in [-0.39, 0.29) is 5.82 Å². The number of nitrogen functional groups attached to an aromatic ring is 1. The number of aromatic nitrogens is 1. The summed E-state index contributed by atoms with van der Waals surface area (Å²) in [6, 6.07) is 7.28. The van der Waals surface area contributed by atoms with E-state index in [1.54, 1.807) is 32.2 Å². The fourth-order valence-corrected chi connectivity index (χ4v) is 1.76. The Balaban J connectivity index is 2.62. The molecule has 16 heavy (non-hydrogen) atoms. The molecule has 2 N–H and O–H groups in total. The lowest BCUT2D eigenvalue weighted by molar-refractivity contribution is 0.609. The Labute approximate surface area is 93.9 Å². The van der Waals surface area contributed by atoms with Gasteiger partial charge in [-0.2, -0.15) is 0 Å². The van der Waals surface area contributed by atoms with Crippen LogP contribution >= 0.6 is 0 Å². The van der Waals surface area contributed by atoms with Gasteiger partial charge in [-0.25, -0.2) is 9.37 Å². The third-order valence-corrected chi connectivity index (χ3v) is 2.59. The van der Waals surface area contributed by atoms with Crippen molar-refractivity contribution in [2.24, 2.45) is 0 Å². The molecule has 0 aliphatic rings. The van der Waals surface area contributed by atoms with E-state index in [0.717, 1.165) is 11.1 Å². The number of benzene rings is 1. The van der Waals surface area contributed by atoms with Gasteiger partial charge in [0.1, 0.15) is 11.6 Å². The maximum absolute atomic E-state index is 13.5. The van der Waals surface area contributed by atoms with E-state index in [0.29, 0.717) is 16.9 Å². The highest BCUT2D eigenvalue weighted by Crippen LogP contribution is 2.27. The molecule has 1 aromatic heterocycles. The average molecular weight is 216 g/mol. The second kappa shape index (κ2) is 3.93. The molecule has 0 saturated heterocycles. The summed E-state index contributed by atoms with van der Waals surface area (Å²) in [4.78, 5) is 4.02. The first kappa shape index (κ1) is 10.6. The topological polar surface area (TPSA) is 38.9 Å². The molecule has 0 unspecified atom stereocenters. The van der Waals surface area contributed by atoms with Gasteiger partial charge >= 0.3 is 0 Å². The molecule has 3 heteroatoms. The van der Waals surface area contributed by atoms with Gasteiger partial charge in [-0.3, -0.25) is 0 Å². The van der Waals surface area contributed by atoms with E-state index in [4.69, 9.17) is 5.73 Å². The molecular formula is C13H13FN2. The first-order valence-electron chi connectivity index (χ1n) is 5.07. The van der Waals surface area contributed by atoms with Crippen LogP contribution in [-0.4, -0.2) is 4.98 Å². The second-order valence-electron chi connectivity index (χ2n) is 3.86. The first-order valence-corrected chi connectivity index (χ1v) is 5.07. The summed E-state index contributed by atoms with van der Waals surface area (Å²) in [6.07, 6.45) is 1.64. The van der Waals surface area contributed by atoms with Gasteiger partial charge in [0.05, 0.1) is 0 Å². The van der Waals surface area contributed by atoms with Crippen LogP contribution in [0.5, 0.6) is 0 Å². The van der Waals surface area contributed by atoms with Crippen LogP contribution in [0.25, 0.3) is 11.1 Å². The van der Waals surface area contributed by atoms with Crippen molar-refractivity contribution in [3.63, 3.8) is 0 Å². The molecule has 1 heterocycles. The average Bonchev–Trinajstić information content (AvgIpc) is 2.26. The van der Waals surface area contributed by atoms with Crippen molar-refractivity contribution < 1.29 is 4.39 Å². The van der Waals surface area contributed by atoms with Crippen molar-refractivity contribution in [1.82, 2.24) is 4.98 Å². The Morgan fingerprint density at radius 2 is 1.81 bits per heavy atom. The molecular weight excluding hydrogens is 203 g/mol. The van der Waals surface area contributed by atoms with Gasteiger partial charge in [0.15, 0.2) is 0 Å². The van der Waals surface area contributed by atoms with Gasteiger partial charge in [-0.15, -0.1) is 0 Å². The van der Waals surface area contributed by atoms with Gasteiger partial charge < -0.3 is 5.73 Å². The number of halogens is 1. The van der Waals surface area contributed by atoms with Crippen LogP contribution in [0.15, 0.2) is 30.5 Å². The van der Waals surface area contributed by atoms with Crippen LogP contribution < -0.4 is 5.73 Å². The van der Waals surface area contributed by atoms with Gasteiger partial charge in [0.25, 0.3) is 0 Å². The molecule has 0 spiro atoms. The van der Waals surface area contributed by atoms with Crippen LogP contribution in [0.3, 0.4) is 0 Å². The largest absolute Gasteiger partial charge is 0.383 e. The lowest BCUT2D eigenvalue weighted by Crippen LogP contribution is -1.95. The van der Waals surface area contributed by atoms with Crippen molar-refractivity contribution in [3.05, 3.63) is 47.4 Å². The Morgan fingerprint density at radius 1 is 1.19 bits per heavy atom. The lowest BCUT2D eigenvalue weighted by Gasteiger charge is -2.08. The highest BCUT2D eigenvalue weighted by molar-refractivity contribution is 5.74. The molecule has 0 amide bonds. The van der Waals surface area contributed by atoms with Crippen molar-refractivity contribution in [2.75, 3.05) is 5.73 Å². The summed E-state index contributed by atoms with van der Waals surface area (Å²) in [5.74, 6) is 0.305. The fourth-order valence-electron chi connectivity index (χ4n) is 1.76. The minimum absolute atomic E-state index is 0.161. The zero-order valence-electron chi connectivity index (χ0n) is 9.29. The van der Waals surface area contributed by atoms with Gasteiger partial charge in [-0.1, -0.05) is 0 Å². The standard InChI is InChI=1S/C13H13FN2/c1-8-6-10(7-9(2)12(8)14)11-4-3-5-16-13(11)15/h3-7H,1-2H3,(H2,15,16). The molecule has 2 nitrogen and oxygen atoms in total. The number of nitrogens with two attached hydrogens (primary N) is 1. The molecule has 0 fully saturated rings. The quantitative estimate of drug-likeness (QED) is 0.795. The van der Waals surface area contributed by atoms with Crippen molar-refractivity contribution in [3.8, 4) is 11.1 Å². The number of hydrogen-bond donors (Lipinski definition) is 1. The molecule has 0 atom stereocenters. The highest BCUT2D eigenvalue weighted by atomic mass is 19.1. The minimum atomic E-state index is -0.161. The molecule has 0 radical (unpaired) electrons. The van der Waals surface area contributed by atoms with E-state index < -0.39 is 0 Å². The van der Waals surface area contributed by atoms with E-state index >= 15 is 0 Å². The third-order valence-electron chi connectivity index (χ3n) is 2.59.